The molecule has 0 aromatic heterocycles. The van der Waals surface area contributed by atoms with Gasteiger partial charge >= 0.3 is 0 Å². The maximum absolute atomic E-state index is 13.8. The van der Waals surface area contributed by atoms with Crippen molar-refractivity contribution in [2.24, 2.45) is 0 Å². The number of benzene rings is 2. The fourth-order valence-corrected chi connectivity index (χ4v) is 3.42. The van der Waals surface area contributed by atoms with Gasteiger partial charge in [0.15, 0.2) is 6.54 Å². The molecule has 27 heavy (non-hydrogen) atoms. The summed E-state index contributed by atoms with van der Waals surface area (Å²) < 4.78 is 26.8. The van der Waals surface area contributed by atoms with Crippen LogP contribution in [0, 0.1) is 11.6 Å². The summed E-state index contributed by atoms with van der Waals surface area (Å²) in [7, 11) is 0. The Bertz CT molecular complexity index is 808. The fraction of sp³-hybridized carbons (Fsp3) is 0.350. The number of quaternary nitrogens is 1. The van der Waals surface area contributed by atoms with Gasteiger partial charge < -0.3 is 20.2 Å². The van der Waals surface area contributed by atoms with E-state index in [1.165, 1.54) is 12.1 Å². The predicted molar refractivity (Wildman–Crippen MR) is 98.8 cm³/mol. The van der Waals surface area contributed by atoms with E-state index in [0.717, 1.165) is 42.8 Å². The van der Waals surface area contributed by atoms with Gasteiger partial charge in [0.25, 0.3) is 5.91 Å². The maximum Gasteiger partial charge on any atom is 0.275 e. The molecule has 2 aromatic rings. The number of para-hydroxylation sites is 2. The highest BCUT2D eigenvalue weighted by molar-refractivity contribution is 5.77. The van der Waals surface area contributed by atoms with Crippen LogP contribution in [-0.4, -0.2) is 43.7 Å². The van der Waals surface area contributed by atoms with Crippen LogP contribution in [0.15, 0.2) is 42.5 Å². The summed E-state index contributed by atoms with van der Waals surface area (Å²) in [5, 5.41) is 12.7. The molecule has 0 bridgehead atoms. The standard InChI is InChI=1S/C20H23F2N3O2/c1-14(16-7-6-15(21)12-17(16)22)23-20(27)13-24-8-10-25(11-9-24)18-4-2-3-5-19(18)26/h2-7,12,14,26H,8-11,13H2,1H3,(H,23,27)/p+1/t14-/m1/s1. The van der Waals surface area contributed by atoms with Gasteiger partial charge in [0, 0.05) is 11.6 Å². The predicted octanol–water partition coefficient (Wildman–Crippen LogP) is 1.25. The van der Waals surface area contributed by atoms with E-state index in [-0.39, 0.29) is 17.2 Å². The molecule has 1 aliphatic heterocycles. The monoisotopic (exact) mass is 376 g/mol. The van der Waals surface area contributed by atoms with Crippen molar-refractivity contribution in [1.29, 1.82) is 0 Å². The van der Waals surface area contributed by atoms with Crippen molar-refractivity contribution in [3.63, 3.8) is 0 Å². The van der Waals surface area contributed by atoms with Crippen molar-refractivity contribution in [2.75, 3.05) is 37.6 Å². The lowest BCUT2D eigenvalue weighted by atomic mass is 10.1. The van der Waals surface area contributed by atoms with E-state index in [0.29, 0.717) is 6.54 Å². The lowest BCUT2D eigenvalue weighted by Crippen LogP contribution is -3.15. The summed E-state index contributed by atoms with van der Waals surface area (Å²) in [5.41, 5.74) is 1.07. The number of nitrogens with zero attached hydrogens (tertiary/aromatic N) is 1. The van der Waals surface area contributed by atoms with Gasteiger partial charge in [-0.3, -0.25) is 4.79 Å². The number of piperazine rings is 1. The number of phenols is 1. The average Bonchev–Trinajstić information content (AvgIpc) is 2.62. The third kappa shape index (κ3) is 4.74. The molecular formula is C20H24F2N3O2+. The van der Waals surface area contributed by atoms with Crippen LogP contribution < -0.4 is 15.1 Å². The highest BCUT2D eigenvalue weighted by Crippen LogP contribution is 2.26. The summed E-state index contributed by atoms with van der Waals surface area (Å²) in [4.78, 5) is 15.5. The average molecular weight is 376 g/mol. The maximum atomic E-state index is 13.8. The third-order valence-electron chi connectivity index (χ3n) is 4.91. The molecule has 3 rings (SSSR count). The van der Waals surface area contributed by atoms with Crippen LogP contribution in [0.3, 0.4) is 0 Å². The first-order valence-electron chi connectivity index (χ1n) is 9.05. The van der Waals surface area contributed by atoms with Crippen LogP contribution >= 0.6 is 0 Å². The molecule has 1 aliphatic rings. The van der Waals surface area contributed by atoms with Gasteiger partial charge in [0.05, 0.1) is 37.9 Å². The number of phenolic OH excluding ortho intramolecular Hbond substituents is 1. The summed E-state index contributed by atoms with van der Waals surface area (Å²) in [6.45, 7) is 4.98. The number of carbonyl (C=O) groups excluding carboxylic acids is 1. The minimum atomic E-state index is -0.661. The van der Waals surface area contributed by atoms with E-state index in [1.807, 2.05) is 12.1 Å². The molecule has 1 heterocycles. The molecule has 0 unspecified atom stereocenters. The highest BCUT2D eigenvalue weighted by Gasteiger charge is 2.24. The van der Waals surface area contributed by atoms with Gasteiger partial charge in [0.2, 0.25) is 0 Å². The Kier molecular flexibility index (Phi) is 5.91. The van der Waals surface area contributed by atoms with Crippen LogP contribution in [-0.2, 0) is 4.79 Å². The zero-order valence-corrected chi connectivity index (χ0v) is 15.2. The zero-order valence-electron chi connectivity index (χ0n) is 15.2. The summed E-state index contributed by atoms with van der Waals surface area (Å²) in [6, 6.07) is 10.1. The van der Waals surface area contributed by atoms with E-state index >= 15 is 0 Å². The molecule has 1 atom stereocenters. The normalized spacial score (nSPS) is 16.2. The van der Waals surface area contributed by atoms with Gasteiger partial charge in [-0.1, -0.05) is 18.2 Å². The Hall–Kier alpha value is -2.67. The highest BCUT2D eigenvalue weighted by atomic mass is 19.1. The topological polar surface area (TPSA) is 57.0 Å². The third-order valence-corrected chi connectivity index (χ3v) is 4.91. The van der Waals surface area contributed by atoms with Crippen LogP contribution in [0.5, 0.6) is 5.75 Å². The molecule has 0 saturated carbocycles. The van der Waals surface area contributed by atoms with Crippen molar-refractivity contribution in [3.05, 3.63) is 59.7 Å². The molecule has 0 spiro atoms. The minimum Gasteiger partial charge on any atom is -0.506 e. The van der Waals surface area contributed by atoms with Crippen LogP contribution in [0.1, 0.15) is 18.5 Å². The van der Waals surface area contributed by atoms with Crippen molar-refractivity contribution in [1.82, 2.24) is 5.32 Å². The Morgan fingerprint density at radius 1 is 1.22 bits per heavy atom. The van der Waals surface area contributed by atoms with Crippen LogP contribution in [0.25, 0.3) is 0 Å². The van der Waals surface area contributed by atoms with Gasteiger partial charge in [-0.2, -0.15) is 0 Å². The number of hydrogen-bond acceptors (Lipinski definition) is 3. The van der Waals surface area contributed by atoms with Crippen molar-refractivity contribution in [2.45, 2.75) is 13.0 Å². The molecular weight excluding hydrogens is 352 g/mol. The van der Waals surface area contributed by atoms with Gasteiger partial charge in [-0.15, -0.1) is 0 Å². The Balaban J connectivity index is 1.50. The Labute approximate surface area is 157 Å². The number of carbonyl (C=O) groups is 1. The second kappa shape index (κ2) is 8.35. The summed E-state index contributed by atoms with van der Waals surface area (Å²) in [5.74, 6) is -1.21. The van der Waals surface area contributed by atoms with Gasteiger partial charge in [-0.05, 0) is 25.1 Å². The first-order valence-corrected chi connectivity index (χ1v) is 9.05. The number of nitrogens with one attached hydrogen (secondary N) is 2. The molecule has 3 N–H and O–H groups in total. The number of anilines is 1. The molecule has 5 nitrogen and oxygen atoms in total. The molecule has 1 amide bonds. The largest absolute Gasteiger partial charge is 0.506 e. The molecule has 2 aromatic carbocycles. The van der Waals surface area contributed by atoms with Crippen molar-refractivity contribution < 1.29 is 23.6 Å². The van der Waals surface area contributed by atoms with E-state index in [9.17, 15) is 18.7 Å². The second-order valence-corrected chi connectivity index (χ2v) is 6.86. The number of hydrogen-bond donors (Lipinski definition) is 3. The number of amides is 1. The lowest BCUT2D eigenvalue weighted by molar-refractivity contribution is -0.892. The first kappa shape index (κ1) is 19.1. The molecule has 1 fully saturated rings. The van der Waals surface area contributed by atoms with Crippen LogP contribution in [0.4, 0.5) is 14.5 Å². The fourth-order valence-electron chi connectivity index (χ4n) is 3.42. The van der Waals surface area contributed by atoms with Gasteiger partial charge in [-0.25, -0.2) is 8.78 Å². The van der Waals surface area contributed by atoms with Crippen molar-refractivity contribution >= 4 is 11.6 Å². The Morgan fingerprint density at radius 2 is 1.93 bits per heavy atom. The van der Waals surface area contributed by atoms with E-state index in [1.54, 1.807) is 19.1 Å². The number of halogens is 2. The molecule has 7 heteroatoms. The Morgan fingerprint density at radius 3 is 2.59 bits per heavy atom. The molecule has 0 radical (unpaired) electrons. The van der Waals surface area contributed by atoms with E-state index < -0.39 is 17.7 Å². The summed E-state index contributed by atoms with van der Waals surface area (Å²) in [6.07, 6.45) is 0. The van der Waals surface area contributed by atoms with Gasteiger partial charge in [0.1, 0.15) is 17.4 Å². The number of aromatic hydroxyl groups is 1. The van der Waals surface area contributed by atoms with Crippen molar-refractivity contribution in [3.8, 4) is 5.75 Å². The van der Waals surface area contributed by atoms with E-state index in [2.05, 4.69) is 10.2 Å². The first-order chi connectivity index (χ1) is 12.9. The van der Waals surface area contributed by atoms with Crippen LogP contribution in [0.2, 0.25) is 0 Å². The van der Waals surface area contributed by atoms with E-state index in [4.69, 9.17) is 0 Å². The molecule has 0 aliphatic carbocycles. The quantitative estimate of drug-likeness (QED) is 0.736. The molecule has 1 saturated heterocycles. The molecule has 144 valence electrons. The second-order valence-electron chi connectivity index (χ2n) is 6.86. The SMILES string of the molecule is C[C@@H](NC(=O)C[NH+]1CCN(c2ccccc2O)CC1)c1ccc(F)cc1F. The minimum absolute atomic E-state index is 0.169. The number of rotatable bonds is 5. The zero-order chi connectivity index (χ0) is 19.4. The lowest BCUT2D eigenvalue weighted by Gasteiger charge is -2.33. The summed E-state index contributed by atoms with van der Waals surface area (Å²) >= 11 is 0. The smallest absolute Gasteiger partial charge is 0.275 e.